The van der Waals surface area contributed by atoms with Crippen LogP contribution < -0.4 is 4.80 Å². The van der Waals surface area contributed by atoms with Crippen molar-refractivity contribution in [3.63, 3.8) is 0 Å². The fourth-order valence-corrected chi connectivity index (χ4v) is 4.55. The van der Waals surface area contributed by atoms with Crippen LogP contribution in [-0.4, -0.2) is 17.3 Å². The van der Waals surface area contributed by atoms with Crippen LogP contribution >= 0.6 is 34.5 Å². The average molecular weight is 405 g/mol. The number of rotatable bonds is 4. The summed E-state index contributed by atoms with van der Waals surface area (Å²) in [6.07, 6.45) is 2.39. The van der Waals surface area contributed by atoms with Crippen LogP contribution in [-0.2, 0) is 11.3 Å². The molecule has 1 aliphatic rings. The molecule has 4 rings (SSSR count). The van der Waals surface area contributed by atoms with E-state index in [1.54, 1.807) is 17.4 Å². The zero-order chi connectivity index (χ0) is 17.9. The molecule has 1 unspecified atom stereocenters. The summed E-state index contributed by atoms with van der Waals surface area (Å²) in [5, 5.41) is 3.38. The van der Waals surface area contributed by atoms with Crippen LogP contribution in [0.3, 0.4) is 0 Å². The molecular weight excluding hydrogens is 387 g/mol. The van der Waals surface area contributed by atoms with Gasteiger partial charge in [0.15, 0.2) is 4.80 Å². The van der Waals surface area contributed by atoms with Crippen molar-refractivity contribution >= 4 is 40.2 Å². The number of thiazole rings is 1. The molecule has 26 heavy (non-hydrogen) atoms. The fraction of sp³-hybridized carbons (Fsp3) is 0.250. The lowest BCUT2D eigenvalue weighted by molar-refractivity contribution is 0.0968. The monoisotopic (exact) mass is 404 g/mol. The minimum absolute atomic E-state index is 0.212. The lowest BCUT2D eigenvalue weighted by atomic mass is 10.1. The van der Waals surface area contributed by atoms with Gasteiger partial charge >= 0.3 is 0 Å². The van der Waals surface area contributed by atoms with Crippen molar-refractivity contribution in [1.29, 1.82) is 0 Å². The molecule has 1 aromatic heterocycles. The zero-order valence-corrected chi connectivity index (χ0v) is 16.4. The maximum absolute atomic E-state index is 6.47. The van der Waals surface area contributed by atoms with Gasteiger partial charge in [-0.1, -0.05) is 41.4 Å². The lowest BCUT2D eigenvalue weighted by Crippen LogP contribution is -2.24. The fourth-order valence-electron chi connectivity index (χ4n) is 3.11. The minimum Gasteiger partial charge on any atom is -0.376 e. The predicted octanol–water partition coefficient (Wildman–Crippen LogP) is 5.93. The van der Waals surface area contributed by atoms with Crippen LogP contribution in [0.25, 0.3) is 11.3 Å². The second-order valence-corrected chi connectivity index (χ2v) is 7.90. The van der Waals surface area contributed by atoms with E-state index in [9.17, 15) is 0 Å². The number of aromatic nitrogens is 1. The zero-order valence-electron chi connectivity index (χ0n) is 14.1. The van der Waals surface area contributed by atoms with Crippen molar-refractivity contribution in [3.8, 4) is 11.3 Å². The van der Waals surface area contributed by atoms with Crippen molar-refractivity contribution < 1.29 is 4.74 Å². The summed E-state index contributed by atoms with van der Waals surface area (Å²) < 4.78 is 8.07. The Morgan fingerprint density at radius 3 is 2.73 bits per heavy atom. The van der Waals surface area contributed by atoms with Gasteiger partial charge in [-0.05, 0) is 43.2 Å². The molecule has 1 saturated heterocycles. The van der Waals surface area contributed by atoms with Crippen molar-refractivity contribution in [1.82, 2.24) is 4.57 Å². The Bertz CT molecular complexity index is 959. The standard InChI is InChI=1S/C20H18Cl2N2OS/c21-14-8-9-17(18(22)11-14)19-13-26-20(23-15-5-2-1-3-6-15)24(19)12-16-7-4-10-25-16/h1-3,5-6,8-9,11,13,16H,4,7,10,12H2. The molecule has 0 amide bonds. The Morgan fingerprint density at radius 1 is 1.15 bits per heavy atom. The van der Waals surface area contributed by atoms with Crippen LogP contribution in [0.5, 0.6) is 0 Å². The summed E-state index contributed by atoms with van der Waals surface area (Å²) in [6, 6.07) is 15.6. The third-order valence-corrected chi connectivity index (χ3v) is 5.81. The van der Waals surface area contributed by atoms with Gasteiger partial charge in [0.05, 0.1) is 29.1 Å². The Morgan fingerprint density at radius 2 is 2.00 bits per heavy atom. The van der Waals surface area contributed by atoms with Crippen LogP contribution in [0.4, 0.5) is 5.69 Å². The Balaban J connectivity index is 1.82. The molecule has 0 bridgehead atoms. The van der Waals surface area contributed by atoms with E-state index >= 15 is 0 Å². The first-order chi connectivity index (χ1) is 12.7. The Kier molecular flexibility index (Phi) is 5.46. The third-order valence-electron chi connectivity index (χ3n) is 4.40. The quantitative estimate of drug-likeness (QED) is 0.528. The summed E-state index contributed by atoms with van der Waals surface area (Å²) in [6.45, 7) is 1.60. The SMILES string of the molecule is Clc1ccc(-c2csc(=Nc3ccccc3)n2CC2CCCO2)c(Cl)c1. The number of ether oxygens (including phenoxy) is 1. The van der Waals surface area contributed by atoms with Gasteiger partial charge in [0.1, 0.15) is 0 Å². The maximum Gasteiger partial charge on any atom is 0.190 e. The highest BCUT2D eigenvalue weighted by Crippen LogP contribution is 2.31. The van der Waals surface area contributed by atoms with Gasteiger partial charge in [0.25, 0.3) is 0 Å². The number of hydrogen-bond acceptors (Lipinski definition) is 3. The van der Waals surface area contributed by atoms with Crippen LogP contribution in [0, 0.1) is 0 Å². The first-order valence-electron chi connectivity index (χ1n) is 8.56. The first kappa shape index (κ1) is 17.8. The first-order valence-corrected chi connectivity index (χ1v) is 10.2. The summed E-state index contributed by atoms with van der Waals surface area (Å²) in [5.74, 6) is 0. The number of halogens is 2. The Labute approximate surface area is 166 Å². The third kappa shape index (κ3) is 3.89. The molecule has 0 spiro atoms. The molecule has 3 aromatic rings. The van der Waals surface area contributed by atoms with Gasteiger partial charge in [-0.25, -0.2) is 4.99 Å². The summed E-state index contributed by atoms with van der Waals surface area (Å²) in [7, 11) is 0. The summed E-state index contributed by atoms with van der Waals surface area (Å²) in [4.78, 5) is 5.77. The number of nitrogens with zero attached hydrogens (tertiary/aromatic N) is 2. The van der Waals surface area contributed by atoms with Gasteiger partial charge < -0.3 is 9.30 Å². The van der Waals surface area contributed by atoms with E-state index in [1.165, 1.54) is 0 Å². The lowest BCUT2D eigenvalue weighted by Gasteiger charge is -2.15. The summed E-state index contributed by atoms with van der Waals surface area (Å²) >= 11 is 14.1. The molecule has 1 fully saturated rings. The van der Waals surface area contributed by atoms with Gasteiger partial charge in [0, 0.05) is 22.6 Å². The topological polar surface area (TPSA) is 26.5 Å². The largest absolute Gasteiger partial charge is 0.376 e. The van der Waals surface area contributed by atoms with E-state index in [0.29, 0.717) is 10.0 Å². The highest BCUT2D eigenvalue weighted by Gasteiger charge is 2.20. The molecule has 1 atom stereocenters. The number of para-hydroxylation sites is 1. The molecule has 134 valence electrons. The van der Waals surface area contributed by atoms with Crippen molar-refractivity contribution in [2.75, 3.05) is 6.61 Å². The van der Waals surface area contributed by atoms with Crippen LogP contribution in [0.1, 0.15) is 12.8 Å². The highest BCUT2D eigenvalue weighted by molar-refractivity contribution is 7.07. The minimum atomic E-state index is 0.212. The normalized spacial score (nSPS) is 17.8. The smallest absolute Gasteiger partial charge is 0.190 e. The van der Waals surface area contributed by atoms with Crippen LogP contribution in [0.2, 0.25) is 10.0 Å². The molecule has 0 aliphatic carbocycles. The second-order valence-electron chi connectivity index (χ2n) is 6.22. The molecule has 2 heterocycles. The van der Waals surface area contributed by atoms with E-state index in [1.807, 2.05) is 42.5 Å². The number of benzene rings is 2. The average Bonchev–Trinajstić information content (AvgIpc) is 3.28. The highest BCUT2D eigenvalue weighted by atomic mass is 35.5. The van der Waals surface area contributed by atoms with Gasteiger partial charge in [0.2, 0.25) is 0 Å². The molecule has 0 radical (unpaired) electrons. The van der Waals surface area contributed by atoms with E-state index in [-0.39, 0.29) is 6.10 Å². The molecule has 0 N–H and O–H groups in total. The van der Waals surface area contributed by atoms with Gasteiger partial charge in [-0.15, -0.1) is 11.3 Å². The molecule has 2 aromatic carbocycles. The van der Waals surface area contributed by atoms with E-state index in [2.05, 4.69) is 9.95 Å². The Hall–Kier alpha value is -1.59. The van der Waals surface area contributed by atoms with Gasteiger partial charge in [-0.3, -0.25) is 0 Å². The second kappa shape index (κ2) is 7.97. The number of hydrogen-bond donors (Lipinski definition) is 0. The molecule has 1 aliphatic heterocycles. The maximum atomic E-state index is 6.47. The van der Waals surface area contributed by atoms with E-state index in [4.69, 9.17) is 32.9 Å². The van der Waals surface area contributed by atoms with Crippen molar-refractivity contribution in [3.05, 3.63) is 68.8 Å². The van der Waals surface area contributed by atoms with E-state index < -0.39 is 0 Å². The van der Waals surface area contributed by atoms with Crippen molar-refractivity contribution in [2.24, 2.45) is 4.99 Å². The predicted molar refractivity (Wildman–Crippen MR) is 108 cm³/mol. The van der Waals surface area contributed by atoms with Gasteiger partial charge in [-0.2, -0.15) is 0 Å². The molecule has 3 nitrogen and oxygen atoms in total. The molecular formula is C20H18Cl2N2OS. The molecule has 0 saturated carbocycles. The van der Waals surface area contributed by atoms with Crippen molar-refractivity contribution in [2.45, 2.75) is 25.5 Å². The summed E-state index contributed by atoms with van der Waals surface area (Å²) in [5.41, 5.74) is 2.94. The van der Waals surface area contributed by atoms with E-state index in [0.717, 1.165) is 47.7 Å². The molecule has 6 heteroatoms. The van der Waals surface area contributed by atoms with Crippen LogP contribution in [0.15, 0.2) is 58.9 Å².